The highest BCUT2D eigenvalue weighted by molar-refractivity contribution is 5.37. The third kappa shape index (κ3) is 3.72. The van der Waals surface area contributed by atoms with Gasteiger partial charge in [-0.3, -0.25) is 0 Å². The van der Waals surface area contributed by atoms with E-state index in [1.165, 1.54) is 5.56 Å². The van der Waals surface area contributed by atoms with Crippen LogP contribution in [0.1, 0.15) is 37.2 Å². The monoisotopic (exact) mass is 249 g/mol. The topological polar surface area (TPSA) is 41.5 Å². The first kappa shape index (κ1) is 13.4. The van der Waals surface area contributed by atoms with Crippen LogP contribution >= 0.6 is 0 Å². The second kappa shape index (κ2) is 7.39. The predicted octanol–water partition coefficient (Wildman–Crippen LogP) is 2.30. The summed E-state index contributed by atoms with van der Waals surface area (Å²) in [5.74, 6) is 1.63. The van der Waals surface area contributed by atoms with E-state index in [2.05, 4.69) is 23.5 Å². The first-order chi connectivity index (χ1) is 8.92. The zero-order valence-corrected chi connectivity index (χ0v) is 10.9. The molecule has 1 aromatic carbocycles. The van der Waals surface area contributed by atoms with E-state index in [-0.39, 0.29) is 0 Å². The Morgan fingerprint density at radius 1 is 1.22 bits per heavy atom. The SMILES string of the molecule is OCCCCCNCC1CCOc2ccccc21. The first-order valence-electron chi connectivity index (χ1n) is 6.95. The summed E-state index contributed by atoms with van der Waals surface area (Å²) in [7, 11) is 0. The molecular weight excluding hydrogens is 226 g/mol. The highest BCUT2D eigenvalue weighted by atomic mass is 16.5. The largest absolute Gasteiger partial charge is 0.493 e. The van der Waals surface area contributed by atoms with Crippen molar-refractivity contribution >= 4 is 0 Å². The van der Waals surface area contributed by atoms with E-state index in [4.69, 9.17) is 9.84 Å². The van der Waals surface area contributed by atoms with Gasteiger partial charge in [-0.1, -0.05) is 18.2 Å². The second-order valence-corrected chi connectivity index (χ2v) is 4.86. The summed E-state index contributed by atoms with van der Waals surface area (Å²) in [5, 5.41) is 12.2. The molecule has 1 aliphatic heterocycles. The van der Waals surface area contributed by atoms with Gasteiger partial charge in [-0.05, 0) is 43.9 Å². The Kier molecular flexibility index (Phi) is 5.49. The molecule has 0 fully saturated rings. The molecule has 0 saturated heterocycles. The highest BCUT2D eigenvalue weighted by Gasteiger charge is 2.20. The second-order valence-electron chi connectivity index (χ2n) is 4.86. The van der Waals surface area contributed by atoms with Gasteiger partial charge in [0.05, 0.1) is 6.61 Å². The number of hydrogen-bond acceptors (Lipinski definition) is 3. The van der Waals surface area contributed by atoms with E-state index in [1.54, 1.807) is 0 Å². The Morgan fingerprint density at radius 2 is 2.11 bits per heavy atom. The third-order valence-electron chi connectivity index (χ3n) is 3.49. The minimum Gasteiger partial charge on any atom is -0.493 e. The molecule has 0 spiro atoms. The molecule has 1 unspecified atom stereocenters. The Labute approximate surface area is 109 Å². The zero-order chi connectivity index (χ0) is 12.6. The van der Waals surface area contributed by atoms with Crippen LogP contribution in [0, 0.1) is 0 Å². The third-order valence-corrected chi connectivity index (χ3v) is 3.49. The molecule has 0 aliphatic carbocycles. The molecule has 100 valence electrons. The number of benzene rings is 1. The number of nitrogens with one attached hydrogen (secondary N) is 1. The molecule has 1 aliphatic rings. The number of hydrogen-bond donors (Lipinski definition) is 2. The summed E-state index contributed by atoms with van der Waals surface area (Å²) in [6.45, 7) is 3.21. The van der Waals surface area contributed by atoms with Crippen molar-refractivity contribution in [2.24, 2.45) is 0 Å². The van der Waals surface area contributed by atoms with Gasteiger partial charge < -0.3 is 15.2 Å². The Bertz CT molecular complexity index is 354. The Hall–Kier alpha value is -1.06. The number of aliphatic hydroxyl groups is 1. The smallest absolute Gasteiger partial charge is 0.122 e. The van der Waals surface area contributed by atoms with Crippen LogP contribution in [0.5, 0.6) is 5.75 Å². The minimum absolute atomic E-state index is 0.313. The van der Waals surface area contributed by atoms with Gasteiger partial charge in [-0.25, -0.2) is 0 Å². The van der Waals surface area contributed by atoms with Gasteiger partial charge in [-0.2, -0.15) is 0 Å². The van der Waals surface area contributed by atoms with Crippen LogP contribution < -0.4 is 10.1 Å². The van der Waals surface area contributed by atoms with E-state index in [1.807, 2.05) is 6.07 Å². The lowest BCUT2D eigenvalue weighted by molar-refractivity contribution is 0.264. The summed E-state index contributed by atoms with van der Waals surface area (Å²) >= 11 is 0. The molecule has 0 radical (unpaired) electrons. The van der Waals surface area contributed by atoms with E-state index >= 15 is 0 Å². The molecular formula is C15H23NO2. The molecule has 0 amide bonds. The first-order valence-corrected chi connectivity index (χ1v) is 6.95. The van der Waals surface area contributed by atoms with Crippen LogP contribution in [0.15, 0.2) is 24.3 Å². The van der Waals surface area contributed by atoms with Crippen molar-refractivity contribution in [2.75, 3.05) is 26.3 Å². The molecule has 18 heavy (non-hydrogen) atoms. The van der Waals surface area contributed by atoms with Crippen molar-refractivity contribution in [3.05, 3.63) is 29.8 Å². The molecule has 0 saturated carbocycles. The van der Waals surface area contributed by atoms with Gasteiger partial charge in [0.2, 0.25) is 0 Å². The van der Waals surface area contributed by atoms with Crippen molar-refractivity contribution in [3.63, 3.8) is 0 Å². The lowest BCUT2D eigenvalue weighted by Crippen LogP contribution is -2.26. The van der Waals surface area contributed by atoms with E-state index in [9.17, 15) is 0 Å². The van der Waals surface area contributed by atoms with E-state index < -0.39 is 0 Å². The van der Waals surface area contributed by atoms with Gasteiger partial charge in [0.15, 0.2) is 0 Å². The molecule has 1 heterocycles. The normalized spacial score (nSPS) is 18.2. The maximum Gasteiger partial charge on any atom is 0.122 e. The number of aliphatic hydroxyl groups excluding tert-OH is 1. The molecule has 2 rings (SSSR count). The standard InChI is InChI=1S/C15H23NO2/c17-10-5-1-4-9-16-12-13-8-11-18-15-7-3-2-6-14(13)15/h2-3,6-7,13,16-17H,1,4-5,8-12H2. The predicted molar refractivity (Wildman–Crippen MR) is 73.1 cm³/mol. The van der Waals surface area contributed by atoms with E-state index in [0.717, 1.165) is 51.1 Å². The van der Waals surface area contributed by atoms with Crippen molar-refractivity contribution < 1.29 is 9.84 Å². The van der Waals surface area contributed by atoms with Gasteiger partial charge in [-0.15, -0.1) is 0 Å². The van der Waals surface area contributed by atoms with Crippen molar-refractivity contribution in [1.82, 2.24) is 5.32 Å². The van der Waals surface area contributed by atoms with Crippen molar-refractivity contribution in [3.8, 4) is 5.75 Å². The molecule has 2 N–H and O–H groups in total. The van der Waals surface area contributed by atoms with Crippen LogP contribution in [0.4, 0.5) is 0 Å². The van der Waals surface area contributed by atoms with Gasteiger partial charge in [0.25, 0.3) is 0 Å². The fraction of sp³-hybridized carbons (Fsp3) is 0.600. The summed E-state index contributed by atoms with van der Waals surface area (Å²) < 4.78 is 5.66. The number of para-hydroxylation sites is 1. The summed E-state index contributed by atoms with van der Waals surface area (Å²) in [6, 6.07) is 8.35. The lowest BCUT2D eigenvalue weighted by atomic mass is 9.93. The van der Waals surface area contributed by atoms with Gasteiger partial charge in [0, 0.05) is 19.1 Å². The summed E-state index contributed by atoms with van der Waals surface area (Å²) in [6.07, 6.45) is 4.27. The van der Waals surface area contributed by atoms with Crippen LogP contribution in [0.25, 0.3) is 0 Å². The zero-order valence-electron chi connectivity index (χ0n) is 10.9. The Balaban J connectivity index is 1.74. The molecule has 3 heteroatoms. The molecule has 0 bridgehead atoms. The maximum atomic E-state index is 8.70. The van der Waals surface area contributed by atoms with Gasteiger partial charge in [0.1, 0.15) is 5.75 Å². The fourth-order valence-corrected chi connectivity index (χ4v) is 2.44. The summed E-state index contributed by atoms with van der Waals surface area (Å²) in [4.78, 5) is 0. The average molecular weight is 249 g/mol. The quantitative estimate of drug-likeness (QED) is 0.729. The Morgan fingerprint density at radius 3 is 3.00 bits per heavy atom. The molecule has 1 atom stereocenters. The average Bonchev–Trinajstić information content (AvgIpc) is 2.43. The lowest BCUT2D eigenvalue weighted by Gasteiger charge is -2.26. The van der Waals surface area contributed by atoms with Crippen molar-refractivity contribution in [2.45, 2.75) is 31.6 Å². The van der Waals surface area contributed by atoms with E-state index in [0.29, 0.717) is 12.5 Å². The van der Waals surface area contributed by atoms with Crippen LogP contribution in [-0.2, 0) is 0 Å². The summed E-state index contributed by atoms with van der Waals surface area (Å²) in [5.41, 5.74) is 1.34. The molecule has 0 aromatic heterocycles. The molecule has 1 aromatic rings. The van der Waals surface area contributed by atoms with Crippen LogP contribution in [-0.4, -0.2) is 31.4 Å². The number of rotatable bonds is 7. The minimum atomic E-state index is 0.313. The number of ether oxygens (including phenoxy) is 1. The number of fused-ring (bicyclic) bond motifs is 1. The highest BCUT2D eigenvalue weighted by Crippen LogP contribution is 2.32. The van der Waals surface area contributed by atoms with Crippen molar-refractivity contribution in [1.29, 1.82) is 0 Å². The van der Waals surface area contributed by atoms with Crippen LogP contribution in [0.2, 0.25) is 0 Å². The van der Waals surface area contributed by atoms with Gasteiger partial charge >= 0.3 is 0 Å². The van der Waals surface area contributed by atoms with Crippen LogP contribution in [0.3, 0.4) is 0 Å². The number of unbranched alkanes of at least 4 members (excludes halogenated alkanes) is 2. The molecule has 3 nitrogen and oxygen atoms in total. The fourth-order valence-electron chi connectivity index (χ4n) is 2.44. The maximum absolute atomic E-state index is 8.70.